The van der Waals surface area contributed by atoms with Crippen molar-refractivity contribution in [2.75, 3.05) is 5.73 Å². The van der Waals surface area contributed by atoms with Crippen LogP contribution in [0.25, 0.3) is 16.8 Å². The number of nitrogens with one attached hydrogen (secondary N) is 1. The summed E-state index contributed by atoms with van der Waals surface area (Å²) < 4.78 is 1.65. The number of nitrogen functional groups attached to an aromatic ring is 1. The molecule has 0 radical (unpaired) electrons. The Hall–Kier alpha value is -3.19. The largest absolute Gasteiger partial charge is 0.366 e. The third-order valence-corrected chi connectivity index (χ3v) is 5.15. The van der Waals surface area contributed by atoms with Gasteiger partial charge >= 0.3 is 0 Å². The number of hydrogen-bond acceptors (Lipinski definition) is 5. The normalized spacial score (nSPS) is 11.0. The number of nitrogens with two attached hydrogens (primary N) is 1. The van der Waals surface area contributed by atoms with E-state index in [1.807, 2.05) is 61.7 Å². The number of amides is 1. The van der Waals surface area contributed by atoms with Gasteiger partial charge in [-0.15, -0.1) is 16.4 Å². The third kappa shape index (κ3) is 3.16. The van der Waals surface area contributed by atoms with Crippen molar-refractivity contribution in [1.29, 1.82) is 0 Å². The molecule has 0 aliphatic heterocycles. The highest BCUT2D eigenvalue weighted by Gasteiger charge is 2.14. The number of rotatable bonds is 4. The minimum absolute atomic E-state index is 0.0701. The Bertz CT molecular complexity index is 1080. The van der Waals surface area contributed by atoms with Gasteiger partial charge in [0.1, 0.15) is 0 Å². The monoisotopic (exact) mass is 363 g/mol. The number of carbonyl (C=O) groups excluding carboxylic acids is 1. The molecule has 3 heterocycles. The molecule has 0 fully saturated rings. The first-order chi connectivity index (χ1) is 12.6. The molecule has 0 atom stereocenters. The smallest absolute Gasteiger partial charge is 0.261 e. The highest BCUT2D eigenvalue weighted by atomic mass is 32.1. The maximum absolute atomic E-state index is 12.5. The van der Waals surface area contributed by atoms with Crippen LogP contribution in [0.3, 0.4) is 0 Å². The molecule has 26 heavy (non-hydrogen) atoms. The number of anilines is 1. The number of benzene rings is 1. The number of aryl methyl sites for hydroxylation is 1. The summed E-state index contributed by atoms with van der Waals surface area (Å²) in [5.41, 5.74) is 9.39. The van der Waals surface area contributed by atoms with Crippen molar-refractivity contribution in [1.82, 2.24) is 19.9 Å². The van der Waals surface area contributed by atoms with E-state index in [2.05, 4.69) is 15.4 Å². The molecular formula is C19H17N5OS. The number of thiophene rings is 1. The first kappa shape index (κ1) is 16.3. The van der Waals surface area contributed by atoms with Crippen LogP contribution >= 0.6 is 11.3 Å². The van der Waals surface area contributed by atoms with Crippen LogP contribution in [0.1, 0.15) is 20.1 Å². The Balaban J connectivity index is 1.56. The van der Waals surface area contributed by atoms with Gasteiger partial charge in [0.2, 0.25) is 5.95 Å². The van der Waals surface area contributed by atoms with E-state index < -0.39 is 0 Å². The molecule has 1 aromatic carbocycles. The maximum Gasteiger partial charge on any atom is 0.261 e. The number of carbonyl (C=O) groups is 1. The quantitative estimate of drug-likeness (QED) is 0.583. The van der Waals surface area contributed by atoms with Crippen LogP contribution in [0.15, 0.2) is 54.7 Å². The Morgan fingerprint density at radius 2 is 2.04 bits per heavy atom. The van der Waals surface area contributed by atoms with E-state index in [-0.39, 0.29) is 11.9 Å². The minimum Gasteiger partial charge on any atom is -0.366 e. The summed E-state index contributed by atoms with van der Waals surface area (Å²) in [6, 6.07) is 15.6. The zero-order chi connectivity index (χ0) is 18.1. The molecule has 1 amide bonds. The van der Waals surface area contributed by atoms with Crippen LogP contribution in [0, 0.1) is 6.92 Å². The predicted octanol–water partition coefficient (Wildman–Crippen LogP) is 3.28. The van der Waals surface area contributed by atoms with Crippen molar-refractivity contribution in [3.8, 4) is 11.1 Å². The van der Waals surface area contributed by atoms with Gasteiger partial charge in [-0.05, 0) is 36.2 Å². The minimum atomic E-state index is -0.0701. The second-order valence-electron chi connectivity index (χ2n) is 5.94. The van der Waals surface area contributed by atoms with Gasteiger partial charge in [0.25, 0.3) is 5.91 Å². The molecule has 3 aromatic heterocycles. The van der Waals surface area contributed by atoms with E-state index >= 15 is 0 Å². The molecule has 3 N–H and O–H groups in total. The number of fused-ring (bicyclic) bond motifs is 1. The summed E-state index contributed by atoms with van der Waals surface area (Å²) in [4.78, 5) is 18.4. The summed E-state index contributed by atoms with van der Waals surface area (Å²) in [5, 5.41) is 7.11. The lowest BCUT2D eigenvalue weighted by atomic mass is 10.1. The molecule has 0 aliphatic carbocycles. The predicted molar refractivity (Wildman–Crippen MR) is 103 cm³/mol. The van der Waals surface area contributed by atoms with E-state index in [0.717, 1.165) is 21.6 Å². The van der Waals surface area contributed by atoms with Crippen LogP contribution in [-0.4, -0.2) is 20.5 Å². The fourth-order valence-corrected chi connectivity index (χ4v) is 3.76. The molecule has 0 saturated carbocycles. The van der Waals surface area contributed by atoms with Crippen LogP contribution in [-0.2, 0) is 6.54 Å². The Labute approximate surface area is 154 Å². The van der Waals surface area contributed by atoms with Crippen LogP contribution < -0.4 is 11.1 Å². The zero-order valence-electron chi connectivity index (χ0n) is 14.1. The van der Waals surface area contributed by atoms with E-state index in [9.17, 15) is 4.79 Å². The van der Waals surface area contributed by atoms with Gasteiger partial charge in [0.15, 0.2) is 5.65 Å². The van der Waals surface area contributed by atoms with Crippen molar-refractivity contribution in [3.63, 3.8) is 0 Å². The Kier molecular flexibility index (Phi) is 4.14. The highest BCUT2D eigenvalue weighted by molar-refractivity contribution is 7.14. The van der Waals surface area contributed by atoms with Crippen molar-refractivity contribution < 1.29 is 4.79 Å². The van der Waals surface area contributed by atoms with Gasteiger partial charge < -0.3 is 11.1 Å². The fraction of sp³-hybridized carbons (Fsp3) is 0.105. The topological polar surface area (TPSA) is 85.3 Å². The molecule has 4 aromatic rings. The van der Waals surface area contributed by atoms with Crippen LogP contribution in [0.4, 0.5) is 5.95 Å². The zero-order valence-corrected chi connectivity index (χ0v) is 15.0. The molecule has 0 saturated heterocycles. The molecule has 0 aliphatic rings. The second kappa shape index (κ2) is 6.61. The third-order valence-electron chi connectivity index (χ3n) is 4.10. The highest BCUT2D eigenvalue weighted by Crippen LogP contribution is 2.31. The van der Waals surface area contributed by atoms with Crippen LogP contribution in [0.5, 0.6) is 0 Å². The number of aromatic nitrogens is 3. The Morgan fingerprint density at radius 3 is 2.85 bits per heavy atom. The molecule has 0 spiro atoms. The summed E-state index contributed by atoms with van der Waals surface area (Å²) >= 11 is 1.48. The first-order valence-corrected chi connectivity index (χ1v) is 8.96. The molecule has 0 unspecified atom stereocenters. The maximum atomic E-state index is 12.5. The lowest BCUT2D eigenvalue weighted by molar-refractivity contribution is 0.0955. The molecule has 7 heteroatoms. The number of hydrogen-bond donors (Lipinski definition) is 2. The average Bonchev–Trinajstić information content (AvgIpc) is 3.21. The van der Waals surface area contributed by atoms with Crippen molar-refractivity contribution in [2.24, 2.45) is 0 Å². The summed E-state index contributed by atoms with van der Waals surface area (Å²) in [5.74, 6) is 0.171. The van der Waals surface area contributed by atoms with Gasteiger partial charge in [-0.3, -0.25) is 4.79 Å². The average molecular weight is 363 g/mol. The van der Waals surface area contributed by atoms with Crippen molar-refractivity contribution in [2.45, 2.75) is 13.5 Å². The van der Waals surface area contributed by atoms with Gasteiger partial charge in [0, 0.05) is 23.2 Å². The van der Waals surface area contributed by atoms with Crippen molar-refractivity contribution >= 4 is 28.8 Å². The fourth-order valence-electron chi connectivity index (χ4n) is 2.81. The molecular weight excluding hydrogens is 346 g/mol. The summed E-state index contributed by atoms with van der Waals surface area (Å²) in [7, 11) is 0. The molecule has 0 bridgehead atoms. The number of pyridine rings is 1. The van der Waals surface area contributed by atoms with E-state index in [1.54, 1.807) is 4.52 Å². The van der Waals surface area contributed by atoms with Crippen molar-refractivity contribution in [3.05, 3.63) is 70.0 Å². The molecule has 6 nitrogen and oxygen atoms in total. The SMILES string of the molecule is Cc1sc(C(=O)NCc2ccccc2)cc1-c1ccc2nc(N)nn2c1. The number of nitrogens with zero attached hydrogens (tertiary/aromatic N) is 3. The second-order valence-corrected chi connectivity index (χ2v) is 7.20. The van der Waals surface area contributed by atoms with Gasteiger partial charge in [-0.2, -0.15) is 4.98 Å². The van der Waals surface area contributed by atoms with E-state index in [4.69, 9.17) is 5.73 Å². The molecule has 130 valence electrons. The summed E-state index contributed by atoms with van der Waals surface area (Å²) in [6.07, 6.45) is 1.87. The standard InChI is InChI=1S/C19H17N5OS/c1-12-15(14-7-8-17-22-19(20)23-24(17)11-14)9-16(26-12)18(25)21-10-13-5-3-2-4-6-13/h2-9,11H,10H2,1H3,(H2,20,23)(H,21,25). The van der Waals surface area contributed by atoms with Gasteiger partial charge in [-0.25, -0.2) is 4.52 Å². The Morgan fingerprint density at radius 1 is 1.23 bits per heavy atom. The lowest BCUT2D eigenvalue weighted by Gasteiger charge is -2.03. The van der Waals surface area contributed by atoms with Crippen LogP contribution in [0.2, 0.25) is 0 Å². The van der Waals surface area contributed by atoms with E-state index in [1.165, 1.54) is 11.3 Å². The molecule has 4 rings (SSSR count). The lowest BCUT2D eigenvalue weighted by Crippen LogP contribution is -2.21. The summed E-state index contributed by atoms with van der Waals surface area (Å²) in [6.45, 7) is 2.52. The van der Waals surface area contributed by atoms with Gasteiger partial charge in [0.05, 0.1) is 4.88 Å². The van der Waals surface area contributed by atoms with Gasteiger partial charge in [-0.1, -0.05) is 30.3 Å². The van der Waals surface area contributed by atoms with E-state index in [0.29, 0.717) is 17.1 Å². The first-order valence-electron chi connectivity index (χ1n) is 8.15.